The van der Waals surface area contributed by atoms with Crippen molar-refractivity contribution in [3.05, 3.63) is 6.33 Å². The van der Waals surface area contributed by atoms with Gasteiger partial charge in [0.05, 0.1) is 6.33 Å². The minimum Gasteiger partial charge on any atom is -0.463 e. The Morgan fingerprint density at radius 3 is 2.60 bits per heavy atom. The van der Waals surface area contributed by atoms with E-state index in [0.29, 0.717) is 11.3 Å². The fraction of sp³-hybridized carbons (Fsp3) is 0.682. The van der Waals surface area contributed by atoms with Crippen LogP contribution in [0, 0.1) is 11.8 Å². The molecule has 0 aliphatic carbocycles. The number of esters is 2. The maximum absolute atomic E-state index is 16.4. The Morgan fingerprint density at radius 1 is 1.31 bits per heavy atom. The number of aromatic nitrogens is 4. The number of carbonyl (C=O) groups is 2. The normalized spacial score (nSPS) is 25.3. The van der Waals surface area contributed by atoms with Crippen LogP contribution in [0.2, 0.25) is 0 Å². The summed E-state index contributed by atoms with van der Waals surface area (Å²) in [6, 6.07) is -0.964. The molecule has 5 atom stereocenters. The van der Waals surface area contributed by atoms with Crippen LogP contribution in [0.1, 0.15) is 47.3 Å². The molecule has 0 bridgehead atoms. The van der Waals surface area contributed by atoms with Crippen LogP contribution in [0.25, 0.3) is 11.2 Å². The predicted octanol–water partition coefficient (Wildman–Crippen LogP) is 1.56. The molecule has 1 aliphatic heterocycles. The number of nitrogens with one attached hydrogen (secondary N) is 1. The zero-order valence-corrected chi connectivity index (χ0v) is 20.8. The number of ether oxygens (including phenoxy) is 3. The first-order chi connectivity index (χ1) is 16.4. The van der Waals surface area contributed by atoms with Gasteiger partial charge in [-0.1, -0.05) is 27.7 Å². The Balaban J connectivity index is 1.96. The van der Waals surface area contributed by atoms with Crippen molar-refractivity contribution in [3.8, 4) is 0 Å². The lowest BCUT2D eigenvalue weighted by molar-refractivity contribution is -0.163. The van der Waals surface area contributed by atoms with Gasteiger partial charge in [-0.25, -0.2) is 9.37 Å². The van der Waals surface area contributed by atoms with Gasteiger partial charge in [-0.05, 0) is 18.8 Å². The number of hydrogen-bond acceptors (Lipinski definition) is 11. The van der Waals surface area contributed by atoms with Crippen molar-refractivity contribution in [2.75, 3.05) is 24.7 Å². The summed E-state index contributed by atoms with van der Waals surface area (Å²) in [5, 5.41) is 2.87. The maximum Gasteiger partial charge on any atom is 0.323 e. The molecule has 194 valence electrons. The van der Waals surface area contributed by atoms with Gasteiger partial charge in [0.2, 0.25) is 5.95 Å². The summed E-state index contributed by atoms with van der Waals surface area (Å²) < 4.78 is 34.6. The lowest BCUT2D eigenvalue weighted by atomic mass is 9.97. The number of anilines is 2. The summed E-state index contributed by atoms with van der Waals surface area (Å²) in [5.74, 6) is -1.10. The van der Waals surface area contributed by atoms with E-state index in [4.69, 9.17) is 25.7 Å². The third-order valence-corrected chi connectivity index (χ3v) is 5.83. The van der Waals surface area contributed by atoms with Crippen LogP contribution in [0.15, 0.2) is 6.33 Å². The van der Waals surface area contributed by atoms with Crippen molar-refractivity contribution in [1.29, 1.82) is 0 Å². The molecule has 1 aliphatic rings. The van der Waals surface area contributed by atoms with Crippen LogP contribution in [-0.4, -0.2) is 69.0 Å². The second-order valence-corrected chi connectivity index (χ2v) is 9.59. The van der Waals surface area contributed by atoms with Crippen molar-refractivity contribution >= 4 is 34.9 Å². The fourth-order valence-electron chi connectivity index (χ4n) is 3.85. The van der Waals surface area contributed by atoms with Crippen LogP contribution in [0.5, 0.6) is 0 Å². The molecule has 0 saturated carbocycles. The predicted molar refractivity (Wildman–Crippen MR) is 126 cm³/mol. The zero-order valence-electron chi connectivity index (χ0n) is 20.8. The Hall–Kier alpha value is -3.06. The topological polar surface area (TPSA) is 170 Å². The first kappa shape index (κ1) is 26.5. The summed E-state index contributed by atoms with van der Waals surface area (Å²) in [6.07, 6.45) is -2.32. The van der Waals surface area contributed by atoms with Crippen LogP contribution in [-0.2, 0) is 23.8 Å². The van der Waals surface area contributed by atoms with Crippen molar-refractivity contribution in [2.24, 2.45) is 17.6 Å². The van der Waals surface area contributed by atoms with Crippen molar-refractivity contribution in [1.82, 2.24) is 19.5 Å². The van der Waals surface area contributed by atoms with Crippen LogP contribution >= 0.6 is 0 Å². The van der Waals surface area contributed by atoms with Crippen molar-refractivity contribution < 1.29 is 28.2 Å². The van der Waals surface area contributed by atoms with E-state index in [1.807, 2.05) is 13.8 Å². The summed E-state index contributed by atoms with van der Waals surface area (Å²) in [4.78, 5) is 37.3. The standard InChI is InChI=1S/C22H34FN7O5/c1-10(2)7-13(31)33-8-12-16(35-19(32)14(24)11(3)4)22(5,23)20(34-12)30-9-27-15-17(26-6)28-21(25)29-18(15)30/h9-12,14,16,20H,7-8,24H2,1-6H3,(H3,25,26,28,29)/t12-,14?,16-,20-,22-/m1/s1. The van der Waals surface area contributed by atoms with Crippen LogP contribution in [0.4, 0.5) is 16.2 Å². The number of carbonyl (C=O) groups excluding carboxylic acids is 2. The maximum atomic E-state index is 16.4. The molecule has 12 nitrogen and oxygen atoms in total. The Morgan fingerprint density at radius 2 is 2.00 bits per heavy atom. The number of hydrogen-bond donors (Lipinski definition) is 3. The van der Waals surface area contributed by atoms with E-state index in [0.717, 1.165) is 0 Å². The monoisotopic (exact) mass is 495 g/mol. The largest absolute Gasteiger partial charge is 0.463 e. The highest BCUT2D eigenvalue weighted by Crippen LogP contribution is 2.44. The molecule has 5 N–H and O–H groups in total. The number of nitrogens with zero attached hydrogens (tertiary/aromatic N) is 4. The van der Waals surface area contributed by atoms with E-state index in [1.54, 1.807) is 20.9 Å². The molecule has 35 heavy (non-hydrogen) atoms. The number of nitrogen functional groups attached to an aromatic ring is 1. The Kier molecular flexibility index (Phi) is 7.80. The van der Waals surface area contributed by atoms with E-state index >= 15 is 4.39 Å². The van der Waals surface area contributed by atoms with Gasteiger partial charge in [-0.3, -0.25) is 14.2 Å². The molecule has 2 aromatic heterocycles. The molecule has 0 radical (unpaired) electrons. The molecule has 13 heteroatoms. The summed E-state index contributed by atoms with van der Waals surface area (Å²) >= 11 is 0. The molecule has 1 unspecified atom stereocenters. The molecule has 3 heterocycles. The Labute approximate surface area is 202 Å². The first-order valence-corrected chi connectivity index (χ1v) is 11.5. The second-order valence-electron chi connectivity index (χ2n) is 9.59. The van der Waals surface area contributed by atoms with Crippen LogP contribution < -0.4 is 16.8 Å². The number of fused-ring (bicyclic) bond motifs is 1. The molecular formula is C22H34FN7O5. The zero-order chi connectivity index (χ0) is 26.1. The van der Waals surface area contributed by atoms with Crippen LogP contribution in [0.3, 0.4) is 0 Å². The lowest BCUT2D eigenvalue weighted by Crippen LogP contribution is -2.48. The van der Waals surface area contributed by atoms with E-state index in [1.165, 1.54) is 17.8 Å². The molecule has 2 aromatic rings. The van der Waals surface area contributed by atoms with E-state index in [-0.39, 0.29) is 36.5 Å². The van der Waals surface area contributed by atoms with Crippen molar-refractivity contribution in [3.63, 3.8) is 0 Å². The highest BCUT2D eigenvalue weighted by molar-refractivity contribution is 5.84. The lowest BCUT2D eigenvalue weighted by Gasteiger charge is -2.29. The van der Waals surface area contributed by atoms with E-state index in [9.17, 15) is 9.59 Å². The van der Waals surface area contributed by atoms with Gasteiger partial charge in [0.25, 0.3) is 0 Å². The van der Waals surface area contributed by atoms with Gasteiger partial charge in [0.1, 0.15) is 18.8 Å². The summed E-state index contributed by atoms with van der Waals surface area (Å²) in [7, 11) is 1.64. The molecule has 0 aromatic carbocycles. The van der Waals surface area contributed by atoms with Gasteiger partial charge < -0.3 is 31.0 Å². The van der Waals surface area contributed by atoms with Crippen molar-refractivity contribution in [2.45, 2.75) is 71.2 Å². The molecule has 1 saturated heterocycles. The Bertz CT molecular complexity index is 1070. The summed E-state index contributed by atoms with van der Waals surface area (Å²) in [5.41, 5.74) is 10.0. The molecule has 0 amide bonds. The highest BCUT2D eigenvalue weighted by Gasteiger charge is 2.59. The van der Waals surface area contributed by atoms with E-state index in [2.05, 4.69) is 20.3 Å². The average molecular weight is 496 g/mol. The molecule has 3 rings (SSSR count). The average Bonchev–Trinajstić information content (AvgIpc) is 3.28. The second kappa shape index (κ2) is 10.3. The fourth-order valence-corrected chi connectivity index (χ4v) is 3.85. The minimum absolute atomic E-state index is 0.0489. The number of imidazole rings is 1. The highest BCUT2D eigenvalue weighted by atomic mass is 19.1. The number of alkyl halides is 1. The third kappa shape index (κ3) is 5.45. The third-order valence-electron chi connectivity index (χ3n) is 5.83. The van der Waals surface area contributed by atoms with Gasteiger partial charge in [-0.2, -0.15) is 9.97 Å². The van der Waals surface area contributed by atoms with Gasteiger partial charge >= 0.3 is 11.9 Å². The number of nitrogens with two attached hydrogens (primary N) is 2. The molecule has 0 spiro atoms. The number of halogens is 1. The minimum atomic E-state index is -2.27. The SMILES string of the molecule is CNc1nc(N)nc2c1ncn2[C@@H]1O[C@H](COC(=O)CC(C)C)[C@@H](OC(=O)C(N)C(C)C)[C@@]1(C)F. The molecular weight excluding hydrogens is 461 g/mol. The summed E-state index contributed by atoms with van der Waals surface area (Å²) in [6.45, 7) is 8.17. The molecule has 1 fully saturated rings. The van der Waals surface area contributed by atoms with Gasteiger partial charge in [0.15, 0.2) is 35.0 Å². The van der Waals surface area contributed by atoms with Gasteiger partial charge in [-0.15, -0.1) is 0 Å². The smallest absolute Gasteiger partial charge is 0.323 e. The first-order valence-electron chi connectivity index (χ1n) is 11.5. The van der Waals surface area contributed by atoms with Gasteiger partial charge in [0, 0.05) is 13.5 Å². The van der Waals surface area contributed by atoms with E-state index < -0.39 is 42.1 Å². The number of rotatable bonds is 9. The quantitative estimate of drug-likeness (QED) is 0.431.